The van der Waals surface area contributed by atoms with Crippen LogP contribution in [0.4, 0.5) is 18.0 Å². The van der Waals surface area contributed by atoms with Gasteiger partial charge in [-0.3, -0.25) is 4.90 Å². The molecule has 1 aliphatic rings. The molecule has 1 rings (SSSR count). The number of aliphatic hydroxyl groups excluding tert-OH is 1. The van der Waals surface area contributed by atoms with E-state index >= 15 is 0 Å². The number of carbonyl (C=O) groups is 1. The van der Waals surface area contributed by atoms with E-state index < -0.39 is 30.5 Å². The lowest BCUT2D eigenvalue weighted by Gasteiger charge is -2.34. The van der Waals surface area contributed by atoms with E-state index in [0.717, 1.165) is 6.92 Å². The summed E-state index contributed by atoms with van der Waals surface area (Å²) in [5.41, 5.74) is 0. The number of aliphatic hydroxyl groups is 1. The Kier molecular flexibility index (Phi) is 3.64. The van der Waals surface area contributed by atoms with Crippen molar-refractivity contribution in [3.63, 3.8) is 0 Å². The normalized spacial score (nSPS) is 27.8. The Labute approximate surface area is 89.8 Å². The average Bonchev–Trinajstić information content (AvgIpc) is 2.50. The zero-order chi connectivity index (χ0) is 12.5. The summed E-state index contributed by atoms with van der Waals surface area (Å²) in [5, 5.41) is 20.8. The molecule has 16 heavy (non-hydrogen) atoms. The molecule has 1 fully saturated rings. The summed E-state index contributed by atoms with van der Waals surface area (Å²) in [6, 6.07) is -3.20. The van der Waals surface area contributed by atoms with Gasteiger partial charge in [-0.05, 0) is 6.92 Å². The Hall–Kier alpha value is -1.02. The van der Waals surface area contributed by atoms with Crippen LogP contribution in [0.1, 0.15) is 6.92 Å². The van der Waals surface area contributed by atoms with Gasteiger partial charge >= 0.3 is 12.3 Å². The van der Waals surface area contributed by atoms with Crippen molar-refractivity contribution in [2.45, 2.75) is 31.3 Å². The Morgan fingerprint density at radius 3 is 2.38 bits per heavy atom. The minimum atomic E-state index is -4.64. The molecule has 5 nitrogen and oxygen atoms in total. The highest BCUT2D eigenvalue weighted by Crippen LogP contribution is 2.27. The molecule has 3 N–H and O–H groups in total. The molecule has 0 aliphatic carbocycles. The molecular formula is C8H13F3N2O3. The maximum atomic E-state index is 12.4. The molecule has 1 unspecified atom stereocenters. The molecule has 1 saturated heterocycles. The first-order chi connectivity index (χ1) is 7.25. The Morgan fingerprint density at radius 2 is 2.06 bits per heavy atom. The lowest BCUT2D eigenvalue weighted by molar-refractivity contribution is -0.180. The molecule has 1 aliphatic heterocycles. The minimum Gasteiger partial charge on any atom is -0.465 e. The van der Waals surface area contributed by atoms with E-state index in [0.29, 0.717) is 0 Å². The molecule has 0 aromatic rings. The third-order valence-electron chi connectivity index (χ3n) is 2.62. The number of nitrogens with zero attached hydrogens (tertiary/aromatic N) is 1. The largest absolute Gasteiger partial charge is 0.465 e. The monoisotopic (exact) mass is 242 g/mol. The number of amides is 1. The predicted octanol–water partition coefficient (Wildman–Crippen LogP) is 0.250. The van der Waals surface area contributed by atoms with Gasteiger partial charge in [0, 0.05) is 13.1 Å². The van der Waals surface area contributed by atoms with Gasteiger partial charge in [-0.2, -0.15) is 13.2 Å². The highest BCUT2D eigenvalue weighted by atomic mass is 19.4. The highest BCUT2D eigenvalue weighted by Gasteiger charge is 2.47. The zero-order valence-electron chi connectivity index (χ0n) is 8.53. The van der Waals surface area contributed by atoms with E-state index in [4.69, 9.17) is 5.11 Å². The number of carboxylic acid groups (broad SMARTS) is 1. The van der Waals surface area contributed by atoms with E-state index in [2.05, 4.69) is 5.32 Å². The van der Waals surface area contributed by atoms with Gasteiger partial charge < -0.3 is 15.5 Å². The van der Waals surface area contributed by atoms with E-state index in [1.807, 2.05) is 0 Å². The van der Waals surface area contributed by atoms with Crippen LogP contribution >= 0.6 is 0 Å². The molecule has 0 bridgehead atoms. The van der Waals surface area contributed by atoms with E-state index in [-0.39, 0.29) is 18.0 Å². The van der Waals surface area contributed by atoms with Gasteiger partial charge in [-0.15, -0.1) is 0 Å². The average molecular weight is 242 g/mol. The number of nitrogens with one attached hydrogen (secondary N) is 1. The topological polar surface area (TPSA) is 72.8 Å². The predicted molar refractivity (Wildman–Crippen MR) is 48.0 cm³/mol. The van der Waals surface area contributed by atoms with Gasteiger partial charge in [-0.1, -0.05) is 0 Å². The maximum absolute atomic E-state index is 12.4. The summed E-state index contributed by atoms with van der Waals surface area (Å²) in [7, 11) is 0. The van der Waals surface area contributed by atoms with Crippen molar-refractivity contribution in [3.8, 4) is 0 Å². The van der Waals surface area contributed by atoms with Crippen LogP contribution in [0.15, 0.2) is 0 Å². The van der Waals surface area contributed by atoms with Crippen molar-refractivity contribution < 1.29 is 28.2 Å². The van der Waals surface area contributed by atoms with Crippen LogP contribution < -0.4 is 5.32 Å². The first-order valence-electron chi connectivity index (χ1n) is 4.72. The molecular weight excluding hydrogens is 229 g/mol. The second-order valence-corrected chi connectivity index (χ2v) is 3.70. The smallest absolute Gasteiger partial charge is 0.408 e. The van der Waals surface area contributed by atoms with Crippen LogP contribution in [0, 0.1) is 0 Å². The number of hydrogen-bond acceptors (Lipinski definition) is 3. The van der Waals surface area contributed by atoms with Gasteiger partial charge in [0.2, 0.25) is 0 Å². The summed E-state index contributed by atoms with van der Waals surface area (Å²) in [5.74, 6) is 0. The van der Waals surface area contributed by atoms with Crippen molar-refractivity contribution >= 4 is 6.09 Å². The molecule has 1 amide bonds. The van der Waals surface area contributed by atoms with Crippen LogP contribution in [0.25, 0.3) is 0 Å². The lowest BCUT2D eigenvalue weighted by atomic mass is 10.1. The molecule has 0 saturated carbocycles. The summed E-state index contributed by atoms with van der Waals surface area (Å²) in [6.07, 6.45) is -7.43. The Morgan fingerprint density at radius 1 is 1.50 bits per heavy atom. The van der Waals surface area contributed by atoms with E-state index in [1.54, 1.807) is 0 Å². The second kappa shape index (κ2) is 4.46. The van der Waals surface area contributed by atoms with Gasteiger partial charge in [0.1, 0.15) is 6.04 Å². The molecule has 3 atom stereocenters. The lowest BCUT2D eigenvalue weighted by Crippen LogP contribution is -2.55. The number of alkyl halides is 3. The molecule has 0 spiro atoms. The summed E-state index contributed by atoms with van der Waals surface area (Å²) >= 11 is 0. The van der Waals surface area contributed by atoms with E-state index in [9.17, 15) is 23.1 Å². The van der Waals surface area contributed by atoms with Crippen LogP contribution in [0.2, 0.25) is 0 Å². The summed E-state index contributed by atoms with van der Waals surface area (Å²) in [4.78, 5) is 11.1. The van der Waals surface area contributed by atoms with Crippen molar-refractivity contribution in [1.82, 2.24) is 10.2 Å². The molecule has 1 heterocycles. The fourth-order valence-electron chi connectivity index (χ4n) is 1.69. The van der Waals surface area contributed by atoms with E-state index in [1.165, 1.54) is 0 Å². The Bertz CT molecular complexity index is 270. The third-order valence-corrected chi connectivity index (χ3v) is 2.62. The minimum absolute atomic E-state index is 0.0217. The molecule has 8 heteroatoms. The SMILES string of the molecule is CC(N(C(=O)O)[C@@H]1CNC[C@H]1O)C(F)(F)F. The van der Waals surface area contributed by atoms with Gasteiger partial charge in [0.15, 0.2) is 0 Å². The van der Waals surface area contributed by atoms with Crippen LogP contribution in [-0.2, 0) is 0 Å². The van der Waals surface area contributed by atoms with Crippen LogP contribution in [-0.4, -0.2) is 58.7 Å². The first-order valence-corrected chi connectivity index (χ1v) is 4.72. The maximum Gasteiger partial charge on any atom is 0.408 e. The van der Waals surface area contributed by atoms with Crippen LogP contribution in [0.5, 0.6) is 0 Å². The van der Waals surface area contributed by atoms with Gasteiger partial charge in [0.25, 0.3) is 0 Å². The first kappa shape index (κ1) is 13.0. The van der Waals surface area contributed by atoms with Gasteiger partial charge in [0.05, 0.1) is 12.1 Å². The quantitative estimate of drug-likeness (QED) is 0.649. The van der Waals surface area contributed by atoms with Crippen molar-refractivity contribution in [3.05, 3.63) is 0 Å². The number of halogens is 3. The fourth-order valence-corrected chi connectivity index (χ4v) is 1.69. The van der Waals surface area contributed by atoms with Crippen molar-refractivity contribution in [2.24, 2.45) is 0 Å². The number of rotatable bonds is 2. The van der Waals surface area contributed by atoms with Crippen molar-refractivity contribution in [2.75, 3.05) is 13.1 Å². The summed E-state index contributed by atoms with van der Waals surface area (Å²) in [6.45, 7) is 0.881. The number of β-amino-alcohol motifs (C(OH)–C–C–N with tert-alkyl or cyclic N) is 1. The Balaban J connectivity index is 2.87. The molecule has 0 aromatic carbocycles. The highest BCUT2D eigenvalue weighted by molar-refractivity contribution is 5.66. The van der Waals surface area contributed by atoms with Crippen molar-refractivity contribution in [1.29, 1.82) is 0 Å². The number of hydrogen-bond donors (Lipinski definition) is 3. The summed E-state index contributed by atoms with van der Waals surface area (Å²) < 4.78 is 37.3. The molecule has 0 aromatic heterocycles. The second-order valence-electron chi connectivity index (χ2n) is 3.70. The molecule has 94 valence electrons. The zero-order valence-corrected chi connectivity index (χ0v) is 8.53. The van der Waals surface area contributed by atoms with Gasteiger partial charge in [-0.25, -0.2) is 4.79 Å². The molecule has 0 radical (unpaired) electrons. The van der Waals surface area contributed by atoms with Crippen LogP contribution in [0.3, 0.4) is 0 Å². The standard InChI is InChI=1S/C8H13F3N2O3/c1-4(8(9,10)11)13(7(15)16)5-2-12-3-6(5)14/h4-6,12,14H,2-3H2,1H3,(H,15,16)/t4?,5-,6-/m1/s1. The fraction of sp³-hybridized carbons (Fsp3) is 0.875. The third kappa shape index (κ3) is 2.56.